The highest BCUT2D eigenvalue weighted by molar-refractivity contribution is 5.74. The van der Waals surface area contributed by atoms with Crippen molar-refractivity contribution in [1.29, 1.82) is 0 Å². The molecule has 0 aromatic heterocycles. The van der Waals surface area contributed by atoms with Gasteiger partial charge in [0.1, 0.15) is 5.82 Å². The van der Waals surface area contributed by atoms with Crippen molar-refractivity contribution < 1.29 is 24.2 Å². The van der Waals surface area contributed by atoms with Crippen LogP contribution in [0.2, 0.25) is 0 Å². The molecule has 0 spiro atoms. The van der Waals surface area contributed by atoms with E-state index < -0.39 is 29.8 Å². The average molecular weight is 284 g/mol. The highest BCUT2D eigenvalue weighted by atomic mass is 19.1. The second-order valence-corrected chi connectivity index (χ2v) is 4.70. The predicted molar refractivity (Wildman–Crippen MR) is 69.5 cm³/mol. The molecule has 1 aromatic carbocycles. The maximum Gasteiger partial charge on any atom is 0.315 e. The summed E-state index contributed by atoms with van der Waals surface area (Å²) in [6.45, 7) is 1.08. The third-order valence-corrected chi connectivity index (χ3v) is 2.56. The normalized spacial score (nSPS) is 13.3. The summed E-state index contributed by atoms with van der Waals surface area (Å²) in [6, 6.07) is 5.40. The molecule has 0 aliphatic heterocycles. The minimum atomic E-state index is -1.54. The molecule has 0 radical (unpaired) electrons. The monoisotopic (exact) mass is 284 g/mol. The fourth-order valence-electron chi connectivity index (χ4n) is 1.54. The van der Waals surface area contributed by atoms with Crippen molar-refractivity contribution in [2.45, 2.75) is 25.5 Å². The van der Waals surface area contributed by atoms with Crippen LogP contribution in [0.1, 0.15) is 18.9 Å². The number of carboxylic acids is 1. The van der Waals surface area contributed by atoms with Gasteiger partial charge in [0.15, 0.2) is 0 Å². The van der Waals surface area contributed by atoms with Gasteiger partial charge in [-0.25, -0.2) is 9.18 Å². The van der Waals surface area contributed by atoms with E-state index in [1.165, 1.54) is 19.1 Å². The van der Waals surface area contributed by atoms with Gasteiger partial charge in [0, 0.05) is 18.7 Å². The van der Waals surface area contributed by atoms with Crippen molar-refractivity contribution in [3.8, 4) is 0 Å². The van der Waals surface area contributed by atoms with Gasteiger partial charge < -0.3 is 20.8 Å². The Balaban J connectivity index is 2.38. The maximum absolute atomic E-state index is 13.3. The van der Waals surface area contributed by atoms with E-state index in [-0.39, 0.29) is 13.1 Å². The Kier molecular flexibility index (Phi) is 5.45. The average Bonchev–Trinajstić information content (AvgIpc) is 2.34. The van der Waals surface area contributed by atoms with Crippen molar-refractivity contribution in [2.75, 3.05) is 6.54 Å². The summed E-state index contributed by atoms with van der Waals surface area (Å²) in [6.07, 6.45) is -0.486. The van der Waals surface area contributed by atoms with Gasteiger partial charge in [-0.2, -0.15) is 0 Å². The lowest BCUT2D eigenvalue weighted by atomic mass is 10.0. The van der Waals surface area contributed by atoms with Crippen LogP contribution in [0, 0.1) is 5.82 Å². The van der Waals surface area contributed by atoms with Crippen molar-refractivity contribution in [1.82, 2.24) is 10.6 Å². The van der Waals surface area contributed by atoms with Gasteiger partial charge in [-0.05, 0) is 13.0 Å². The van der Waals surface area contributed by atoms with E-state index in [1.54, 1.807) is 12.1 Å². The number of nitrogens with one attached hydrogen (secondary N) is 2. The first kappa shape index (κ1) is 15.9. The van der Waals surface area contributed by atoms with Crippen LogP contribution in [-0.2, 0) is 11.3 Å². The van der Waals surface area contributed by atoms with Crippen LogP contribution in [0.3, 0.4) is 0 Å². The van der Waals surface area contributed by atoms with Crippen LogP contribution in [0.5, 0.6) is 0 Å². The molecule has 0 saturated carbocycles. The zero-order valence-electron chi connectivity index (χ0n) is 11.0. The van der Waals surface area contributed by atoms with E-state index in [4.69, 9.17) is 5.11 Å². The van der Waals surface area contributed by atoms with Crippen LogP contribution in [0.25, 0.3) is 0 Å². The fraction of sp³-hybridized carbons (Fsp3) is 0.385. The molecular formula is C13H17FN2O4. The largest absolute Gasteiger partial charge is 0.481 e. The number of rotatable bonds is 6. The third-order valence-electron chi connectivity index (χ3n) is 2.56. The Hall–Kier alpha value is -2.15. The smallest absolute Gasteiger partial charge is 0.315 e. The molecule has 0 bridgehead atoms. The molecule has 1 atom stereocenters. The van der Waals surface area contributed by atoms with Gasteiger partial charge in [-0.15, -0.1) is 0 Å². The number of aliphatic carboxylic acids is 1. The molecule has 1 rings (SSSR count). The zero-order valence-corrected chi connectivity index (χ0v) is 11.0. The Labute approximate surface area is 115 Å². The van der Waals surface area contributed by atoms with Gasteiger partial charge in [-0.1, -0.05) is 18.2 Å². The number of amides is 2. The summed E-state index contributed by atoms with van der Waals surface area (Å²) in [5, 5.41) is 23.0. The lowest BCUT2D eigenvalue weighted by Crippen LogP contribution is -2.45. The topological polar surface area (TPSA) is 98.7 Å². The molecule has 1 unspecified atom stereocenters. The number of carbonyl (C=O) groups is 2. The van der Waals surface area contributed by atoms with E-state index in [0.717, 1.165) is 0 Å². The fourth-order valence-corrected chi connectivity index (χ4v) is 1.54. The van der Waals surface area contributed by atoms with E-state index >= 15 is 0 Å². The summed E-state index contributed by atoms with van der Waals surface area (Å²) in [7, 11) is 0. The van der Waals surface area contributed by atoms with Crippen molar-refractivity contribution in [2.24, 2.45) is 0 Å². The molecule has 0 aliphatic carbocycles. The minimum Gasteiger partial charge on any atom is -0.481 e. The third kappa shape index (κ3) is 5.66. The number of urea groups is 1. The summed E-state index contributed by atoms with van der Waals surface area (Å²) >= 11 is 0. The molecular weight excluding hydrogens is 267 g/mol. The molecule has 1 aromatic rings. The molecule has 0 heterocycles. The van der Waals surface area contributed by atoms with E-state index in [9.17, 15) is 19.1 Å². The van der Waals surface area contributed by atoms with Crippen LogP contribution in [-0.4, -0.2) is 34.4 Å². The summed E-state index contributed by atoms with van der Waals surface area (Å²) < 4.78 is 13.3. The summed E-state index contributed by atoms with van der Waals surface area (Å²) in [4.78, 5) is 21.9. The standard InChI is InChI=1S/C13H17FN2O4/c1-13(20,6-11(17)18)8-16-12(19)15-7-9-4-2-3-5-10(9)14/h2-5,20H,6-8H2,1H3,(H,17,18)(H2,15,16,19). The second-order valence-electron chi connectivity index (χ2n) is 4.70. The van der Waals surface area contributed by atoms with Gasteiger partial charge in [0.05, 0.1) is 12.0 Å². The van der Waals surface area contributed by atoms with Crippen molar-refractivity contribution >= 4 is 12.0 Å². The van der Waals surface area contributed by atoms with Crippen molar-refractivity contribution in [3.05, 3.63) is 35.6 Å². The SMILES string of the molecule is CC(O)(CNC(=O)NCc1ccccc1F)CC(=O)O. The number of aliphatic hydroxyl groups is 1. The number of carbonyl (C=O) groups excluding carboxylic acids is 1. The first-order valence-corrected chi connectivity index (χ1v) is 5.99. The van der Waals surface area contributed by atoms with Crippen LogP contribution in [0.4, 0.5) is 9.18 Å². The first-order valence-electron chi connectivity index (χ1n) is 5.99. The lowest BCUT2D eigenvalue weighted by Gasteiger charge is -2.21. The molecule has 0 fully saturated rings. The number of hydrogen-bond acceptors (Lipinski definition) is 3. The first-order chi connectivity index (χ1) is 9.30. The van der Waals surface area contributed by atoms with E-state index in [0.29, 0.717) is 5.56 Å². The summed E-state index contributed by atoms with van der Waals surface area (Å²) in [5.41, 5.74) is -1.21. The van der Waals surface area contributed by atoms with Crippen LogP contribution in [0.15, 0.2) is 24.3 Å². The van der Waals surface area contributed by atoms with Crippen molar-refractivity contribution in [3.63, 3.8) is 0 Å². The lowest BCUT2D eigenvalue weighted by molar-refractivity contribution is -0.141. The molecule has 4 N–H and O–H groups in total. The molecule has 2 amide bonds. The van der Waals surface area contributed by atoms with Crippen LogP contribution >= 0.6 is 0 Å². The Morgan fingerprint density at radius 2 is 1.95 bits per heavy atom. The Morgan fingerprint density at radius 1 is 1.30 bits per heavy atom. The molecule has 0 saturated heterocycles. The molecule has 20 heavy (non-hydrogen) atoms. The van der Waals surface area contributed by atoms with Gasteiger partial charge in [-0.3, -0.25) is 4.79 Å². The second kappa shape index (κ2) is 6.85. The van der Waals surface area contributed by atoms with E-state index in [1.807, 2.05) is 0 Å². The number of halogens is 1. The highest BCUT2D eigenvalue weighted by Crippen LogP contribution is 2.07. The zero-order chi connectivity index (χ0) is 15.2. The Bertz CT molecular complexity index is 491. The highest BCUT2D eigenvalue weighted by Gasteiger charge is 2.24. The quantitative estimate of drug-likeness (QED) is 0.622. The molecule has 7 heteroatoms. The minimum absolute atomic E-state index is 0.000417. The number of benzene rings is 1. The maximum atomic E-state index is 13.3. The van der Waals surface area contributed by atoms with Gasteiger partial charge in [0.25, 0.3) is 0 Å². The van der Waals surface area contributed by atoms with Gasteiger partial charge >= 0.3 is 12.0 Å². The molecule has 6 nitrogen and oxygen atoms in total. The predicted octanol–water partition coefficient (Wildman–Crippen LogP) is 0.851. The van der Waals surface area contributed by atoms with Gasteiger partial charge in [0.2, 0.25) is 0 Å². The molecule has 0 aliphatic rings. The number of carboxylic acid groups (broad SMARTS) is 1. The Morgan fingerprint density at radius 3 is 2.55 bits per heavy atom. The van der Waals surface area contributed by atoms with E-state index in [2.05, 4.69) is 10.6 Å². The summed E-state index contributed by atoms with van der Waals surface area (Å²) in [5.74, 6) is -1.59. The van der Waals surface area contributed by atoms with Crippen LogP contribution < -0.4 is 10.6 Å². The molecule has 110 valence electrons. The number of hydrogen-bond donors (Lipinski definition) is 4.